The number of halogens is 3. The van der Waals surface area contributed by atoms with Gasteiger partial charge < -0.3 is 15.3 Å². The fourth-order valence-electron chi connectivity index (χ4n) is 6.09. The lowest BCUT2D eigenvalue weighted by Gasteiger charge is -2.35. The van der Waals surface area contributed by atoms with Gasteiger partial charge >= 0.3 is 5.97 Å². The zero-order valence-corrected chi connectivity index (χ0v) is 21.9. The predicted molar refractivity (Wildman–Crippen MR) is 146 cm³/mol. The molecule has 7 nitrogen and oxygen atoms in total. The van der Waals surface area contributed by atoms with E-state index in [-0.39, 0.29) is 29.1 Å². The maximum atomic E-state index is 15.2. The van der Waals surface area contributed by atoms with Gasteiger partial charge in [-0.15, -0.1) is 0 Å². The lowest BCUT2D eigenvalue weighted by molar-refractivity contribution is -0.144. The molecule has 2 aromatic carbocycles. The van der Waals surface area contributed by atoms with Crippen molar-refractivity contribution in [2.45, 2.75) is 25.8 Å². The number of carbonyl (C=O) groups is 1. The highest BCUT2D eigenvalue weighted by molar-refractivity contribution is 6.34. The summed E-state index contributed by atoms with van der Waals surface area (Å²) in [5, 5.41) is 13.8. The van der Waals surface area contributed by atoms with Crippen LogP contribution >= 0.6 is 11.6 Å². The van der Waals surface area contributed by atoms with Crippen molar-refractivity contribution >= 4 is 40.1 Å². The van der Waals surface area contributed by atoms with Crippen LogP contribution in [0.25, 0.3) is 22.0 Å². The third kappa shape index (κ3) is 4.65. The van der Waals surface area contributed by atoms with Crippen LogP contribution in [0, 0.1) is 29.4 Å². The highest BCUT2D eigenvalue weighted by Gasteiger charge is 2.46. The van der Waals surface area contributed by atoms with Crippen molar-refractivity contribution in [3.63, 3.8) is 0 Å². The Morgan fingerprint density at radius 1 is 1.05 bits per heavy atom. The second kappa shape index (κ2) is 10.0. The van der Waals surface area contributed by atoms with Crippen molar-refractivity contribution in [3.05, 3.63) is 77.2 Å². The average Bonchev–Trinajstić information content (AvgIpc) is 3.20. The molecule has 0 spiro atoms. The van der Waals surface area contributed by atoms with Gasteiger partial charge in [0.15, 0.2) is 0 Å². The highest BCUT2D eigenvalue weighted by atomic mass is 35.5. The van der Waals surface area contributed by atoms with Crippen LogP contribution in [-0.4, -0.2) is 39.1 Å². The van der Waals surface area contributed by atoms with E-state index in [1.54, 1.807) is 36.7 Å². The van der Waals surface area contributed by atoms with E-state index in [1.165, 1.54) is 18.3 Å². The Morgan fingerprint density at radius 2 is 1.74 bits per heavy atom. The van der Waals surface area contributed by atoms with Crippen molar-refractivity contribution < 1.29 is 18.7 Å². The molecule has 2 aromatic heterocycles. The van der Waals surface area contributed by atoms with Crippen LogP contribution in [0.2, 0.25) is 5.02 Å². The molecule has 3 heterocycles. The molecule has 1 saturated heterocycles. The minimum absolute atomic E-state index is 0.0809. The van der Waals surface area contributed by atoms with Crippen molar-refractivity contribution in [2.24, 2.45) is 17.8 Å². The molecule has 1 saturated carbocycles. The first-order valence-electron chi connectivity index (χ1n) is 12.9. The number of rotatable bonds is 6. The standard InChI is InChI=1S/C29H26ClF2N5O2/c1-15(19-4-2-3-5-23(19)31)36-27-21-8-20(24(32)9-25(21)33-12-22(27)30)18-10-34-29(35-11-18)37-13-16-6-7-17(14-37)26(16)28(38)39/h2-5,8-12,15-17,26H,6-7,13-14H2,1H3,(H,33,36)(H,38,39). The van der Waals surface area contributed by atoms with Crippen LogP contribution in [0.5, 0.6) is 0 Å². The minimum atomic E-state index is -0.725. The summed E-state index contributed by atoms with van der Waals surface area (Å²) in [6, 6.07) is 9.06. The largest absolute Gasteiger partial charge is 0.481 e. The van der Waals surface area contributed by atoms with Gasteiger partial charge in [0.05, 0.1) is 28.2 Å². The number of nitrogens with one attached hydrogen (secondary N) is 1. The molecule has 10 heteroatoms. The molecule has 0 radical (unpaired) electrons. The normalized spacial score (nSPS) is 21.2. The fourth-order valence-corrected chi connectivity index (χ4v) is 6.30. The molecular formula is C29H26ClF2N5O2. The molecule has 3 atom stereocenters. The van der Waals surface area contributed by atoms with Crippen molar-refractivity contribution in [2.75, 3.05) is 23.3 Å². The first-order chi connectivity index (χ1) is 18.8. The van der Waals surface area contributed by atoms with Gasteiger partial charge in [-0.1, -0.05) is 29.8 Å². The van der Waals surface area contributed by atoms with Crippen LogP contribution in [0.3, 0.4) is 0 Å². The summed E-state index contributed by atoms with van der Waals surface area (Å²) >= 11 is 6.50. The van der Waals surface area contributed by atoms with Crippen LogP contribution in [0.1, 0.15) is 31.4 Å². The number of carboxylic acids is 1. The first kappa shape index (κ1) is 25.4. The molecule has 39 heavy (non-hydrogen) atoms. The first-order valence-corrected chi connectivity index (χ1v) is 13.3. The van der Waals surface area contributed by atoms with E-state index >= 15 is 4.39 Å². The quantitative estimate of drug-likeness (QED) is 0.290. The summed E-state index contributed by atoms with van der Waals surface area (Å²) in [7, 11) is 0. The van der Waals surface area contributed by atoms with Crippen LogP contribution in [0.15, 0.2) is 55.0 Å². The lowest BCUT2D eigenvalue weighted by atomic mass is 9.85. The third-order valence-corrected chi connectivity index (χ3v) is 8.28. The number of pyridine rings is 1. The maximum Gasteiger partial charge on any atom is 0.307 e. The number of aromatic nitrogens is 3. The van der Waals surface area contributed by atoms with Gasteiger partial charge in [0.1, 0.15) is 11.6 Å². The lowest BCUT2D eigenvalue weighted by Crippen LogP contribution is -2.45. The smallest absolute Gasteiger partial charge is 0.307 e. The number of aliphatic carboxylic acids is 1. The maximum absolute atomic E-state index is 15.2. The molecular weight excluding hydrogens is 524 g/mol. The van der Waals surface area contributed by atoms with Gasteiger partial charge in [0.25, 0.3) is 0 Å². The second-order valence-electron chi connectivity index (χ2n) is 10.4. The number of nitrogens with zero attached hydrogens (tertiary/aromatic N) is 4. The van der Waals surface area contributed by atoms with Crippen molar-refractivity contribution in [1.82, 2.24) is 15.0 Å². The molecule has 2 fully saturated rings. The third-order valence-electron chi connectivity index (χ3n) is 7.99. The summed E-state index contributed by atoms with van der Waals surface area (Å²) in [6.07, 6.45) is 6.37. The van der Waals surface area contributed by atoms with Gasteiger partial charge in [-0.3, -0.25) is 9.78 Å². The average molecular weight is 550 g/mol. The van der Waals surface area contributed by atoms with E-state index in [9.17, 15) is 14.3 Å². The Labute approximate surface area is 228 Å². The number of hydrogen-bond donors (Lipinski definition) is 2. The SMILES string of the molecule is CC(Nc1c(Cl)cnc2cc(F)c(-c3cnc(N4CC5CCC(C4)C5C(=O)O)nc3)cc12)c1ccccc1F. The molecule has 2 bridgehead atoms. The topological polar surface area (TPSA) is 91.2 Å². The van der Waals surface area contributed by atoms with E-state index in [4.69, 9.17) is 11.6 Å². The van der Waals surface area contributed by atoms with E-state index < -0.39 is 17.8 Å². The molecule has 2 aliphatic rings. The second-order valence-corrected chi connectivity index (χ2v) is 10.8. The van der Waals surface area contributed by atoms with Gasteiger partial charge in [0.2, 0.25) is 5.95 Å². The minimum Gasteiger partial charge on any atom is -0.481 e. The zero-order chi connectivity index (χ0) is 27.3. The van der Waals surface area contributed by atoms with Crippen molar-refractivity contribution in [1.29, 1.82) is 0 Å². The van der Waals surface area contributed by atoms with Gasteiger partial charge in [-0.25, -0.2) is 18.7 Å². The summed E-state index contributed by atoms with van der Waals surface area (Å²) in [5.74, 6) is -1.19. The summed E-state index contributed by atoms with van der Waals surface area (Å²) < 4.78 is 29.6. The molecule has 2 N–H and O–H groups in total. The molecule has 4 aromatic rings. The number of piperidine rings is 1. The van der Waals surface area contributed by atoms with Crippen molar-refractivity contribution in [3.8, 4) is 11.1 Å². The van der Waals surface area contributed by atoms with E-state index in [0.29, 0.717) is 51.8 Å². The number of hydrogen-bond acceptors (Lipinski definition) is 6. The van der Waals surface area contributed by atoms with Gasteiger partial charge in [0, 0.05) is 59.8 Å². The van der Waals surface area contributed by atoms with Gasteiger partial charge in [-0.05, 0) is 43.7 Å². The Bertz CT molecular complexity index is 1550. The van der Waals surface area contributed by atoms with Crippen LogP contribution < -0.4 is 10.2 Å². The molecule has 200 valence electrons. The highest BCUT2D eigenvalue weighted by Crippen LogP contribution is 2.43. The molecule has 6 rings (SSSR count). The molecule has 0 amide bonds. The fraction of sp³-hybridized carbons (Fsp3) is 0.310. The number of carboxylic acid groups (broad SMARTS) is 1. The molecule has 3 unspecified atom stereocenters. The zero-order valence-electron chi connectivity index (χ0n) is 21.1. The van der Waals surface area contributed by atoms with Crippen LogP contribution in [-0.2, 0) is 4.79 Å². The predicted octanol–water partition coefficient (Wildman–Crippen LogP) is 6.34. The number of anilines is 2. The Balaban J connectivity index is 1.30. The Morgan fingerprint density at radius 3 is 2.41 bits per heavy atom. The van der Waals surface area contributed by atoms with E-state index in [0.717, 1.165) is 12.8 Å². The molecule has 1 aliphatic carbocycles. The summed E-state index contributed by atoms with van der Waals surface area (Å²) in [6.45, 7) is 3.01. The number of benzene rings is 2. The van der Waals surface area contributed by atoms with E-state index in [1.807, 2.05) is 11.8 Å². The molecule has 1 aliphatic heterocycles. The van der Waals surface area contributed by atoms with E-state index in [2.05, 4.69) is 20.3 Å². The number of fused-ring (bicyclic) bond motifs is 3. The summed E-state index contributed by atoms with van der Waals surface area (Å²) in [4.78, 5) is 27.0. The van der Waals surface area contributed by atoms with Crippen LogP contribution in [0.4, 0.5) is 20.4 Å². The Kier molecular flexibility index (Phi) is 6.54. The Hall–Kier alpha value is -3.85. The van der Waals surface area contributed by atoms with Gasteiger partial charge in [-0.2, -0.15) is 0 Å². The summed E-state index contributed by atoms with van der Waals surface area (Å²) in [5.41, 5.74) is 2.16. The monoisotopic (exact) mass is 549 g/mol.